The van der Waals surface area contributed by atoms with Crippen LogP contribution in [0.25, 0.3) is 0 Å². The van der Waals surface area contributed by atoms with Gasteiger partial charge in [-0.2, -0.15) is 0 Å². The molecule has 0 radical (unpaired) electrons. The van der Waals surface area contributed by atoms with E-state index < -0.39 is 30.3 Å². The number of esters is 1. The molecule has 0 aromatic heterocycles. The Morgan fingerprint density at radius 3 is 2.41 bits per heavy atom. The Labute approximate surface area is 127 Å². The second kappa shape index (κ2) is 6.25. The van der Waals surface area contributed by atoms with Crippen LogP contribution in [0.5, 0.6) is 0 Å². The zero-order valence-corrected chi connectivity index (χ0v) is 11.9. The largest absolute Gasteiger partial charge is 0.467 e. The fraction of sp³-hybridized carbons (Fsp3) is 0.235. The van der Waals surface area contributed by atoms with Gasteiger partial charge in [-0.15, -0.1) is 0 Å². The third kappa shape index (κ3) is 2.73. The highest BCUT2D eigenvalue weighted by molar-refractivity contribution is 5.76. The van der Waals surface area contributed by atoms with Gasteiger partial charge in [0.25, 0.3) is 0 Å². The maximum absolute atomic E-state index is 14.0. The van der Waals surface area contributed by atoms with E-state index in [0.717, 1.165) is 5.56 Å². The molecule has 0 aliphatic carbocycles. The van der Waals surface area contributed by atoms with E-state index in [-0.39, 0.29) is 5.56 Å². The number of ether oxygens (including phenoxy) is 3. The van der Waals surface area contributed by atoms with E-state index in [1.54, 1.807) is 18.2 Å². The van der Waals surface area contributed by atoms with Gasteiger partial charge in [0.2, 0.25) is 0 Å². The molecule has 0 bridgehead atoms. The van der Waals surface area contributed by atoms with Gasteiger partial charge >= 0.3 is 5.97 Å². The van der Waals surface area contributed by atoms with Gasteiger partial charge in [-0.05, 0) is 6.07 Å². The first-order chi connectivity index (χ1) is 10.7. The monoisotopic (exact) mass is 302 g/mol. The lowest BCUT2D eigenvalue weighted by molar-refractivity contribution is -0.154. The summed E-state index contributed by atoms with van der Waals surface area (Å²) in [5.41, 5.74) is 1.03. The van der Waals surface area contributed by atoms with Crippen molar-refractivity contribution in [2.24, 2.45) is 0 Å². The summed E-state index contributed by atoms with van der Waals surface area (Å²) < 4.78 is 30.2. The van der Waals surface area contributed by atoms with Gasteiger partial charge in [0.1, 0.15) is 11.9 Å². The summed E-state index contributed by atoms with van der Waals surface area (Å²) in [7, 11) is 1.26. The molecule has 0 spiro atoms. The maximum Gasteiger partial charge on any atom is 0.338 e. The lowest BCUT2D eigenvalue weighted by Crippen LogP contribution is -2.27. The normalized spacial score (nSPS) is 24.2. The van der Waals surface area contributed by atoms with Crippen molar-refractivity contribution in [1.29, 1.82) is 0 Å². The van der Waals surface area contributed by atoms with E-state index in [1.807, 2.05) is 30.3 Å². The third-order valence-electron chi connectivity index (χ3n) is 3.53. The molecule has 1 fully saturated rings. The van der Waals surface area contributed by atoms with Crippen LogP contribution in [0.3, 0.4) is 0 Å². The SMILES string of the molecule is COC(=O)[C@H]1OC(c2ccccc2)O[C@@H]1c1ccccc1F. The van der Waals surface area contributed by atoms with Crippen molar-refractivity contribution < 1.29 is 23.4 Å². The van der Waals surface area contributed by atoms with Crippen LogP contribution < -0.4 is 0 Å². The van der Waals surface area contributed by atoms with Crippen LogP contribution in [0.1, 0.15) is 23.5 Å². The van der Waals surface area contributed by atoms with Crippen molar-refractivity contribution in [3.05, 3.63) is 71.5 Å². The molecule has 1 saturated heterocycles. The predicted molar refractivity (Wildman–Crippen MR) is 76.3 cm³/mol. The first-order valence-electron chi connectivity index (χ1n) is 6.89. The summed E-state index contributed by atoms with van der Waals surface area (Å²) in [6.45, 7) is 0. The molecule has 1 aliphatic heterocycles. The fourth-order valence-electron chi connectivity index (χ4n) is 2.45. The van der Waals surface area contributed by atoms with Crippen molar-refractivity contribution in [2.45, 2.75) is 18.5 Å². The first-order valence-corrected chi connectivity index (χ1v) is 6.89. The van der Waals surface area contributed by atoms with Crippen molar-refractivity contribution in [3.8, 4) is 0 Å². The summed E-state index contributed by atoms with van der Waals surface area (Å²) in [5.74, 6) is -1.04. The van der Waals surface area contributed by atoms with Gasteiger partial charge in [-0.25, -0.2) is 9.18 Å². The highest BCUT2D eigenvalue weighted by atomic mass is 19.1. The minimum Gasteiger partial charge on any atom is -0.467 e. The number of benzene rings is 2. The smallest absolute Gasteiger partial charge is 0.338 e. The summed E-state index contributed by atoms with van der Waals surface area (Å²) in [6.07, 6.45) is -2.60. The Hall–Kier alpha value is -2.24. The summed E-state index contributed by atoms with van der Waals surface area (Å²) in [4.78, 5) is 11.9. The van der Waals surface area contributed by atoms with E-state index in [1.165, 1.54) is 13.2 Å². The first kappa shape index (κ1) is 14.7. The lowest BCUT2D eigenvalue weighted by atomic mass is 10.0. The minimum atomic E-state index is -1.01. The molecular weight excluding hydrogens is 287 g/mol. The average molecular weight is 302 g/mol. The number of halogens is 1. The highest BCUT2D eigenvalue weighted by Crippen LogP contribution is 2.41. The maximum atomic E-state index is 14.0. The summed E-state index contributed by atoms with van der Waals surface area (Å²) in [5, 5.41) is 0. The molecule has 0 saturated carbocycles. The van der Waals surface area contributed by atoms with Crippen LogP contribution >= 0.6 is 0 Å². The van der Waals surface area contributed by atoms with E-state index in [9.17, 15) is 9.18 Å². The quantitative estimate of drug-likeness (QED) is 0.817. The van der Waals surface area contributed by atoms with E-state index >= 15 is 0 Å². The molecule has 3 atom stereocenters. The Balaban J connectivity index is 1.93. The third-order valence-corrected chi connectivity index (χ3v) is 3.53. The molecule has 0 amide bonds. The average Bonchev–Trinajstić information content (AvgIpc) is 3.00. The molecule has 1 unspecified atom stereocenters. The Bertz CT molecular complexity index is 659. The van der Waals surface area contributed by atoms with Crippen molar-refractivity contribution in [1.82, 2.24) is 0 Å². The van der Waals surface area contributed by atoms with E-state index in [4.69, 9.17) is 14.2 Å². The number of rotatable bonds is 3. The summed E-state index contributed by atoms with van der Waals surface area (Å²) in [6, 6.07) is 15.4. The van der Waals surface area contributed by atoms with E-state index in [0.29, 0.717) is 0 Å². The fourth-order valence-corrected chi connectivity index (χ4v) is 2.45. The lowest BCUT2D eigenvalue weighted by Gasteiger charge is -2.15. The zero-order valence-electron chi connectivity index (χ0n) is 11.9. The van der Waals surface area contributed by atoms with Crippen LogP contribution in [0.2, 0.25) is 0 Å². The standard InChI is InChI=1S/C17H15FO4/c1-20-16(19)15-14(12-9-5-6-10-13(12)18)21-17(22-15)11-7-3-2-4-8-11/h2-10,14-15,17H,1H3/t14-,15+,17?/m1/s1. The minimum absolute atomic E-state index is 0.274. The van der Waals surface area contributed by atoms with Gasteiger partial charge in [-0.1, -0.05) is 48.5 Å². The van der Waals surface area contributed by atoms with Gasteiger partial charge in [0.05, 0.1) is 7.11 Å². The Kier molecular flexibility index (Phi) is 4.18. The molecule has 2 aromatic carbocycles. The molecular formula is C17H15FO4. The van der Waals surface area contributed by atoms with Crippen molar-refractivity contribution >= 4 is 5.97 Å². The van der Waals surface area contributed by atoms with E-state index in [2.05, 4.69) is 0 Å². The second-order valence-corrected chi connectivity index (χ2v) is 4.90. The number of carbonyl (C=O) groups excluding carboxylic acids is 1. The Morgan fingerprint density at radius 2 is 1.73 bits per heavy atom. The molecule has 2 aromatic rings. The number of methoxy groups -OCH3 is 1. The molecule has 0 N–H and O–H groups in total. The van der Waals surface area contributed by atoms with Crippen LogP contribution in [0.4, 0.5) is 4.39 Å². The van der Waals surface area contributed by atoms with Gasteiger partial charge in [0.15, 0.2) is 12.4 Å². The van der Waals surface area contributed by atoms with Gasteiger partial charge in [-0.3, -0.25) is 0 Å². The second-order valence-electron chi connectivity index (χ2n) is 4.90. The zero-order chi connectivity index (χ0) is 15.5. The molecule has 114 valence electrons. The van der Waals surface area contributed by atoms with Crippen LogP contribution in [-0.2, 0) is 19.0 Å². The molecule has 1 heterocycles. The van der Waals surface area contributed by atoms with Crippen LogP contribution in [0, 0.1) is 5.82 Å². The van der Waals surface area contributed by atoms with Gasteiger partial charge in [0, 0.05) is 11.1 Å². The summed E-state index contributed by atoms with van der Waals surface area (Å²) >= 11 is 0. The van der Waals surface area contributed by atoms with Crippen LogP contribution in [0.15, 0.2) is 54.6 Å². The van der Waals surface area contributed by atoms with Crippen LogP contribution in [-0.4, -0.2) is 19.2 Å². The highest BCUT2D eigenvalue weighted by Gasteiger charge is 2.44. The molecule has 3 rings (SSSR count). The van der Waals surface area contributed by atoms with Gasteiger partial charge < -0.3 is 14.2 Å². The predicted octanol–water partition coefficient (Wildman–Crippen LogP) is 3.15. The molecule has 4 nitrogen and oxygen atoms in total. The Morgan fingerprint density at radius 1 is 1.05 bits per heavy atom. The van der Waals surface area contributed by atoms with Crippen molar-refractivity contribution in [3.63, 3.8) is 0 Å². The number of hydrogen-bond donors (Lipinski definition) is 0. The van der Waals surface area contributed by atoms with Crippen molar-refractivity contribution in [2.75, 3.05) is 7.11 Å². The molecule has 5 heteroatoms. The molecule has 1 aliphatic rings. The molecule has 22 heavy (non-hydrogen) atoms. The topological polar surface area (TPSA) is 44.8 Å². The number of hydrogen-bond acceptors (Lipinski definition) is 4. The number of carbonyl (C=O) groups is 1.